The van der Waals surface area contributed by atoms with Gasteiger partial charge in [0.05, 0.1) is 18.5 Å². The minimum absolute atomic E-state index is 0.154. The Bertz CT molecular complexity index is 1180. The number of carbonyl (C=O) groups excluding carboxylic acids is 1. The van der Waals surface area contributed by atoms with Crippen LogP contribution in [0.3, 0.4) is 0 Å². The number of amides is 1. The minimum atomic E-state index is -3.53. The topological polar surface area (TPSA) is 75.7 Å². The number of carbonyl (C=O) groups is 1. The summed E-state index contributed by atoms with van der Waals surface area (Å²) >= 11 is 17.7. The van der Waals surface area contributed by atoms with Gasteiger partial charge < -0.3 is 10.1 Å². The Morgan fingerprint density at radius 1 is 0.906 bits per heavy atom. The van der Waals surface area contributed by atoms with E-state index in [0.717, 1.165) is 11.8 Å². The first-order chi connectivity index (χ1) is 15.1. The highest BCUT2D eigenvalue weighted by molar-refractivity contribution is 7.92. The first kappa shape index (κ1) is 24.2. The third-order valence-electron chi connectivity index (χ3n) is 4.28. The van der Waals surface area contributed by atoms with E-state index in [1.165, 1.54) is 4.31 Å². The van der Waals surface area contributed by atoms with E-state index < -0.39 is 15.9 Å². The maximum atomic E-state index is 12.3. The molecule has 0 aliphatic heterocycles. The molecule has 168 valence electrons. The molecular weight excluding hydrogens is 495 g/mol. The third-order valence-corrected chi connectivity index (χ3v) is 6.11. The molecule has 0 saturated heterocycles. The monoisotopic (exact) mass is 512 g/mol. The van der Waals surface area contributed by atoms with Crippen LogP contribution in [-0.4, -0.2) is 27.2 Å². The van der Waals surface area contributed by atoms with Crippen LogP contribution in [0.25, 0.3) is 0 Å². The molecule has 0 unspecified atom stereocenters. The number of anilines is 2. The van der Waals surface area contributed by atoms with E-state index in [9.17, 15) is 13.2 Å². The van der Waals surface area contributed by atoms with Crippen LogP contribution in [0.5, 0.6) is 5.75 Å². The van der Waals surface area contributed by atoms with Crippen molar-refractivity contribution in [3.05, 3.63) is 87.4 Å². The molecule has 0 saturated carbocycles. The molecular formula is C22H19Cl3N2O4S. The van der Waals surface area contributed by atoms with Crippen molar-refractivity contribution in [2.75, 3.05) is 22.5 Å². The quantitative estimate of drug-likeness (QED) is 0.423. The standard InChI is InChI=1S/C22H19Cl3N2O4S/c1-32(29,30)27(13-15-2-4-16(23)5-3-15)20-6-8-21(9-7-20)31-14-22(28)26-19-11-17(24)10-18(25)12-19/h2-12H,13-14H2,1H3,(H,26,28). The van der Waals surface area contributed by atoms with Crippen LogP contribution in [0.15, 0.2) is 66.7 Å². The normalized spacial score (nSPS) is 11.1. The molecule has 1 amide bonds. The number of nitrogens with zero attached hydrogens (tertiary/aromatic N) is 1. The van der Waals surface area contributed by atoms with Gasteiger partial charge >= 0.3 is 0 Å². The summed E-state index contributed by atoms with van der Waals surface area (Å²) in [5.41, 5.74) is 1.71. The molecule has 1 N–H and O–H groups in total. The van der Waals surface area contributed by atoms with Crippen molar-refractivity contribution in [1.82, 2.24) is 0 Å². The summed E-state index contributed by atoms with van der Waals surface area (Å²) in [6.45, 7) is -0.0924. The number of rotatable bonds is 8. The first-order valence-corrected chi connectivity index (χ1v) is 12.3. The van der Waals surface area contributed by atoms with Gasteiger partial charge in [0, 0.05) is 20.8 Å². The molecule has 0 aliphatic rings. The predicted molar refractivity (Wildman–Crippen MR) is 130 cm³/mol. The Hall–Kier alpha value is -2.45. The summed E-state index contributed by atoms with van der Waals surface area (Å²) in [6.07, 6.45) is 1.14. The summed E-state index contributed by atoms with van der Waals surface area (Å²) < 4.78 is 31.4. The highest BCUT2D eigenvalue weighted by Crippen LogP contribution is 2.25. The predicted octanol–water partition coefficient (Wildman–Crippen LogP) is 5.63. The van der Waals surface area contributed by atoms with Crippen molar-refractivity contribution < 1.29 is 17.9 Å². The minimum Gasteiger partial charge on any atom is -0.484 e. The highest BCUT2D eigenvalue weighted by atomic mass is 35.5. The van der Waals surface area contributed by atoms with Crippen LogP contribution >= 0.6 is 34.8 Å². The summed E-state index contributed by atoms with van der Waals surface area (Å²) in [5.74, 6) is 0.0147. The van der Waals surface area contributed by atoms with Crippen LogP contribution in [0, 0.1) is 0 Å². The maximum Gasteiger partial charge on any atom is 0.262 e. The van der Waals surface area contributed by atoms with Crippen molar-refractivity contribution in [2.45, 2.75) is 6.54 Å². The Morgan fingerprint density at radius 3 is 2.06 bits per heavy atom. The number of ether oxygens (including phenoxy) is 1. The molecule has 3 rings (SSSR count). The number of hydrogen-bond acceptors (Lipinski definition) is 4. The van der Waals surface area contributed by atoms with Gasteiger partial charge in [-0.1, -0.05) is 46.9 Å². The van der Waals surface area contributed by atoms with Gasteiger partial charge in [-0.2, -0.15) is 0 Å². The molecule has 3 aromatic rings. The number of sulfonamides is 1. The maximum absolute atomic E-state index is 12.3. The van der Waals surface area contributed by atoms with Gasteiger partial charge in [0.15, 0.2) is 6.61 Å². The van der Waals surface area contributed by atoms with Gasteiger partial charge in [-0.05, 0) is 60.2 Å². The van der Waals surface area contributed by atoms with Crippen LogP contribution < -0.4 is 14.4 Å². The van der Waals surface area contributed by atoms with Crippen molar-refractivity contribution in [3.8, 4) is 5.75 Å². The van der Waals surface area contributed by atoms with E-state index in [-0.39, 0.29) is 13.2 Å². The molecule has 0 aliphatic carbocycles. The summed E-state index contributed by atoms with van der Waals surface area (Å²) in [4.78, 5) is 12.1. The third kappa shape index (κ3) is 7.03. The lowest BCUT2D eigenvalue weighted by Crippen LogP contribution is -2.29. The van der Waals surface area contributed by atoms with Gasteiger partial charge in [0.2, 0.25) is 10.0 Å². The Balaban J connectivity index is 1.64. The number of benzene rings is 3. The summed E-state index contributed by atoms with van der Waals surface area (Å²) in [7, 11) is -3.53. The average Bonchev–Trinajstić information content (AvgIpc) is 2.71. The van der Waals surface area contributed by atoms with Crippen molar-refractivity contribution in [3.63, 3.8) is 0 Å². The molecule has 32 heavy (non-hydrogen) atoms. The van der Waals surface area contributed by atoms with Gasteiger partial charge in [-0.3, -0.25) is 9.10 Å². The second-order valence-corrected chi connectivity index (χ2v) is 10.1. The molecule has 0 aromatic heterocycles. The summed E-state index contributed by atoms with van der Waals surface area (Å²) in [5, 5.41) is 4.02. The van der Waals surface area contributed by atoms with E-state index in [1.807, 2.05) is 0 Å². The molecule has 0 heterocycles. The Kier molecular flexibility index (Phi) is 7.90. The van der Waals surface area contributed by atoms with Gasteiger partial charge in [0.25, 0.3) is 5.91 Å². The van der Waals surface area contributed by atoms with Gasteiger partial charge in [-0.15, -0.1) is 0 Å². The zero-order chi connectivity index (χ0) is 23.3. The molecule has 0 radical (unpaired) electrons. The van der Waals surface area contributed by atoms with E-state index in [0.29, 0.717) is 32.2 Å². The first-order valence-electron chi connectivity index (χ1n) is 9.31. The molecule has 3 aromatic carbocycles. The molecule has 0 bridgehead atoms. The van der Waals surface area contributed by atoms with Crippen LogP contribution in [0.2, 0.25) is 15.1 Å². The van der Waals surface area contributed by atoms with E-state index in [4.69, 9.17) is 39.5 Å². The fraction of sp³-hybridized carbons (Fsp3) is 0.136. The smallest absolute Gasteiger partial charge is 0.262 e. The molecule has 0 fully saturated rings. The lowest BCUT2D eigenvalue weighted by Gasteiger charge is -2.23. The van der Waals surface area contributed by atoms with E-state index in [1.54, 1.807) is 66.7 Å². The molecule has 0 atom stereocenters. The Labute approximate surface area is 201 Å². The molecule has 6 nitrogen and oxygen atoms in total. The molecule has 10 heteroatoms. The Morgan fingerprint density at radius 2 is 1.50 bits per heavy atom. The van der Waals surface area contributed by atoms with Crippen molar-refractivity contribution >= 4 is 62.1 Å². The van der Waals surface area contributed by atoms with Gasteiger partial charge in [-0.25, -0.2) is 8.42 Å². The highest BCUT2D eigenvalue weighted by Gasteiger charge is 2.18. The summed E-state index contributed by atoms with van der Waals surface area (Å²) in [6, 6.07) is 18.1. The second-order valence-electron chi connectivity index (χ2n) is 6.88. The van der Waals surface area contributed by atoms with Gasteiger partial charge in [0.1, 0.15) is 5.75 Å². The van der Waals surface area contributed by atoms with Crippen molar-refractivity contribution in [2.24, 2.45) is 0 Å². The average molecular weight is 514 g/mol. The fourth-order valence-corrected chi connectivity index (χ4v) is 4.38. The van der Waals surface area contributed by atoms with Crippen LogP contribution in [0.1, 0.15) is 5.56 Å². The van der Waals surface area contributed by atoms with Crippen LogP contribution in [-0.2, 0) is 21.4 Å². The van der Waals surface area contributed by atoms with E-state index >= 15 is 0 Å². The van der Waals surface area contributed by atoms with Crippen molar-refractivity contribution in [1.29, 1.82) is 0 Å². The second kappa shape index (κ2) is 10.4. The lowest BCUT2D eigenvalue weighted by molar-refractivity contribution is -0.118. The number of nitrogens with one attached hydrogen (secondary N) is 1. The zero-order valence-corrected chi connectivity index (χ0v) is 20.0. The lowest BCUT2D eigenvalue weighted by atomic mass is 10.2. The fourth-order valence-electron chi connectivity index (χ4n) is 2.84. The zero-order valence-electron chi connectivity index (χ0n) is 16.9. The number of hydrogen-bond donors (Lipinski definition) is 1. The SMILES string of the molecule is CS(=O)(=O)N(Cc1ccc(Cl)cc1)c1ccc(OCC(=O)Nc2cc(Cl)cc(Cl)c2)cc1. The molecule has 0 spiro atoms. The van der Waals surface area contributed by atoms with E-state index in [2.05, 4.69) is 5.32 Å². The number of halogens is 3. The van der Waals surface area contributed by atoms with Crippen LogP contribution in [0.4, 0.5) is 11.4 Å². The largest absolute Gasteiger partial charge is 0.484 e.